The Kier molecular flexibility index (Phi) is 15.0. The lowest BCUT2D eigenvalue weighted by Gasteiger charge is -2.34. The summed E-state index contributed by atoms with van der Waals surface area (Å²) < 4.78 is 10.7. The molecule has 240 valence electrons. The minimum absolute atomic E-state index is 0.0948. The minimum atomic E-state index is -1.39. The van der Waals surface area contributed by atoms with Crippen molar-refractivity contribution < 1.29 is 44.6 Å². The second-order valence-electron chi connectivity index (χ2n) is 11.4. The topological polar surface area (TPSA) is 190 Å². The molecule has 8 N–H and O–H groups in total. The van der Waals surface area contributed by atoms with Crippen molar-refractivity contribution in [1.82, 2.24) is 16.0 Å². The van der Waals surface area contributed by atoms with E-state index in [9.17, 15) is 30.0 Å². The minimum Gasteiger partial charge on any atom is -0.481 e. The van der Waals surface area contributed by atoms with E-state index in [4.69, 9.17) is 14.6 Å². The lowest BCUT2D eigenvalue weighted by molar-refractivity contribution is -0.190. The predicted molar refractivity (Wildman–Crippen MR) is 161 cm³/mol. The number of hydrogen-bond acceptors (Lipinski definition) is 10. The van der Waals surface area contributed by atoms with Crippen molar-refractivity contribution in [2.75, 3.05) is 13.2 Å². The quantitative estimate of drug-likeness (QED) is 0.0811. The maximum absolute atomic E-state index is 11.9. The fraction of sp³-hybridized carbons (Fsp3) is 0.548. The standard InChI is InChI=1S/C31H47N3O9/c1-5-6-10-15-32-27(37)23(18-21-13-14-25(42-19-26(35)36)22(16-21)29(39)40)33-28(38)24(17-20-11-8-7-9-12-20)34-30(41)43-31(2,3)4/h7-9,11-14,16,23-24,27-28,30,32-34,37-38,41H,5-6,10,15,17-19H2,1-4H3,(H,35,36)(H,39,40). The Labute approximate surface area is 253 Å². The maximum Gasteiger partial charge on any atom is 0.341 e. The van der Waals surface area contributed by atoms with Crippen LogP contribution in [0.15, 0.2) is 48.5 Å². The van der Waals surface area contributed by atoms with Gasteiger partial charge in [0.2, 0.25) is 6.41 Å². The van der Waals surface area contributed by atoms with Crippen molar-refractivity contribution in [3.8, 4) is 5.75 Å². The molecular weight excluding hydrogens is 558 g/mol. The second-order valence-corrected chi connectivity index (χ2v) is 11.4. The Hall–Kier alpha value is -3.10. The molecule has 2 rings (SSSR count). The van der Waals surface area contributed by atoms with Crippen molar-refractivity contribution in [2.45, 2.75) is 96.4 Å². The summed E-state index contributed by atoms with van der Waals surface area (Å²) in [5, 5.41) is 60.7. The summed E-state index contributed by atoms with van der Waals surface area (Å²) in [6.07, 6.45) is -0.605. The third kappa shape index (κ3) is 13.8. The van der Waals surface area contributed by atoms with Gasteiger partial charge in [0, 0.05) is 0 Å². The molecule has 5 unspecified atom stereocenters. The first kappa shape index (κ1) is 36.1. The van der Waals surface area contributed by atoms with Crippen LogP contribution in [0.5, 0.6) is 5.75 Å². The highest BCUT2D eigenvalue weighted by molar-refractivity contribution is 5.91. The smallest absolute Gasteiger partial charge is 0.341 e. The molecule has 0 radical (unpaired) electrons. The number of ether oxygens (including phenoxy) is 2. The summed E-state index contributed by atoms with van der Waals surface area (Å²) in [5.41, 5.74) is 0.504. The van der Waals surface area contributed by atoms with Crippen molar-refractivity contribution in [2.24, 2.45) is 0 Å². The van der Waals surface area contributed by atoms with Crippen LogP contribution in [-0.4, -0.2) is 87.2 Å². The summed E-state index contributed by atoms with van der Waals surface area (Å²) >= 11 is 0. The average Bonchev–Trinajstić information content (AvgIpc) is 2.93. The zero-order valence-corrected chi connectivity index (χ0v) is 25.3. The molecule has 2 aromatic rings. The zero-order valence-electron chi connectivity index (χ0n) is 25.3. The largest absolute Gasteiger partial charge is 0.481 e. The summed E-state index contributed by atoms with van der Waals surface area (Å²) in [7, 11) is 0. The van der Waals surface area contributed by atoms with Crippen LogP contribution in [0.2, 0.25) is 0 Å². The van der Waals surface area contributed by atoms with E-state index < -0.39 is 55.1 Å². The molecule has 2 aromatic carbocycles. The molecule has 12 heteroatoms. The number of aliphatic hydroxyl groups excluding tert-OH is 3. The fourth-order valence-corrected chi connectivity index (χ4v) is 4.44. The Morgan fingerprint density at radius 3 is 2.12 bits per heavy atom. The summed E-state index contributed by atoms with van der Waals surface area (Å²) in [4.78, 5) is 22.8. The van der Waals surface area contributed by atoms with E-state index in [-0.39, 0.29) is 17.7 Å². The van der Waals surface area contributed by atoms with E-state index >= 15 is 0 Å². The number of carbonyl (C=O) groups is 2. The molecule has 0 fully saturated rings. The first-order chi connectivity index (χ1) is 20.3. The zero-order chi connectivity index (χ0) is 32.0. The van der Waals surface area contributed by atoms with Gasteiger partial charge in [-0.3, -0.25) is 16.0 Å². The molecule has 0 amide bonds. The van der Waals surface area contributed by atoms with E-state index in [1.54, 1.807) is 26.8 Å². The normalized spacial score (nSPS) is 15.3. The number of aliphatic carboxylic acids is 1. The highest BCUT2D eigenvalue weighted by Crippen LogP contribution is 2.22. The molecule has 5 atom stereocenters. The second kappa shape index (κ2) is 17.9. The molecule has 0 aliphatic carbocycles. The van der Waals surface area contributed by atoms with E-state index in [1.165, 1.54) is 12.1 Å². The number of hydrogen-bond donors (Lipinski definition) is 8. The number of unbranched alkanes of at least 4 members (excludes halogenated alkanes) is 2. The molecule has 0 aliphatic rings. The number of aliphatic hydroxyl groups is 3. The summed E-state index contributed by atoms with van der Waals surface area (Å²) in [6, 6.07) is 12.1. The van der Waals surface area contributed by atoms with Gasteiger partial charge in [-0.1, -0.05) is 56.2 Å². The van der Waals surface area contributed by atoms with Gasteiger partial charge in [0.05, 0.1) is 17.7 Å². The van der Waals surface area contributed by atoms with Gasteiger partial charge in [-0.25, -0.2) is 9.59 Å². The van der Waals surface area contributed by atoms with Gasteiger partial charge in [-0.05, 0) is 69.8 Å². The average molecular weight is 606 g/mol. The molecule has 0 aromatic heterocycles. The SMILES string of the molecule is CCCCCNC(O)C(Cc1ccc(OCC(=O)O)c(C(=O)O)c1)NC(O)C(Cc1ccccc1)NC(O)OC(C)(C)C. The van der Waals surface area contributed by atoms with E-state index in [1.807, 2.05) is 30.3 Å². The highest BCUT2D eigenvalue weighted by atomic mass is 16.6. The van der Waals surface area contributed by atoms with Crippen molar-refractivity contribution >= 4 is 11.9 Å². The van der Waals surface area contributed by atoms with Crippen LogP contribution < -0.4 is 20.7 Å². The third-order valence-corrected chi connectivity index (χ3v) is 6.48. The molecule has 0 aliphatic heterocycles. The molecule has 0 heterocycles. The van der Waals surface area contributed by atoms with Gasteiger partial charge < -0.3 is 35.0 Å². The monoisotopic (exact) mass is 605 g/mol. The Morgan fingerprint density at radius 1 is 0.860 bits per heavy atom. The number of rotatable bonds is 20. The van der Waals surface area contributed by atoms with Crippen LogP contribution in [-0.2, 0) is 22.4 Å². The number of aromatic carboxylic acids is 1. The van der Waals surface area contributed by atoms with E-state index in [0.717, 1.165) is 24.8 Å². The Bertz CT molecular complexity index is 1130. The molecule has 12 nitrogen and oxygen atoms in total. The van der Waals surface area contributed by atoms with Crippen LogP contribution in [0, 0.1) is 0 Å². The molecule has 0 bridgehead atoms. The number of carboxylic acid groups (broad SMARTS) is 2. The lowest BCUT2D eigenvalue weighted by atomic mass is 9.99. The summed E-state index contributed by atoms with van der Waals surface area (Å²) in [5.74, 6) is -2.64. The van der Waals surface area contributed by atoms with Crippen LogP contribution in [0.4, 0.5) is 0 Å². The molecule has 0 saturated heterocycles. The van der Waals surface area contributed by atoms with Crippen molar-refractivity contribution in [3.05, 3.63) is 65.2 Å². The number of carboxylic acids is 2. The third-order valence-electron chi connectivity index (χ3n) is 6.48. The first-order valence-electron chi connectivity index (χ1n) is 14.5. The fourth-order valence-electron chi connectivity index (χ4n) is 4.44. The Balaban J connectivity index is 2.32. The molecular formula is C31H47N3O9. The van der Waals surface area contributed by atoms with E-state index in [2.05, 4.69) is 22.9 Å². The van der Waals surface area contributed by atoms with E-state index in [0.29, 0.717) is 18.5 Å². The molecule has 43 heavy (non-hydrogen) atoms. The van der Waals surface area contributed by atoms with Crippen LogP contribution in [0.25, 0.3) is 0 Å². The highest BCUT2D eigenvalue weighted by Gasteiger charge is 2.29. The lowest BCUT2D eigenvalue weighted by Crippen LogP contribution is -2.60. The van der Waals surface area contributed by atoms with Crippen LogP contribution >= 0.6 is 0 Å². The predicted octanol–water partition coefficient (Wildman–Crippen LogP) is 2.06. The van der Waals surface area contributed by atoms with Gasteiger partial charge in [0.25, 0.3) is 0 Å². The Morgan fingerprint density at radius 2 is 1.51 bits per heavy atom. The molecule has 0 spiro atoms. The first-order valence-corrected chi connectivity index (χ1v) is 14.5. The van der Waals surface area contributed by atoms with Crippen LogP contribution in [0.1, 0.15) is 68.4 Å². The van der Waals surface area contributed by atoms with Crippen molar-refractivity contribution in [3.63, 3.8) is 0 Å². The van der Waals surface area contributed by atoms with Gasteiger partial charge in [0.15, 0.2) is 6.61 Å². The van der Waals surface area contributed by atoms with Gasteiger partial charge in [-0.2, -0.15) is 0 Å². The summed E-state index contributed by atoms with van der Waals surface area (Å²) in [6.45, 7) is 7.27. The molecule has 0 saturated carbocycles. The number of nitrogens with one attached hydrogen (secondary N) is 3. The van der Waals surface area contributed by atoms with Crippen LogP contribution in [0.3, 0.4) is 0 Å². The van der Waals surface area contributed by atoms with Gasteiger partial charge >= 0.3 is 11.9 Å². The number of benzene rings is 2. The van der Waals surface area contributed by atoms with Gasteiger partial charge in [-0.15, -0.1) is 0 Å². The van der Waals surface area contributed by atoms with Crippen molar-refractivity contribution in [1.29, 1.82) is 0 Å². The van der Waals surface area contributed by atoms with Gasteiger partial charge in [0.1, 0.15) is 23.8 Å². The maximum atomic E-state index is 11.9.